The van der Waals surface area contributed by atoms with Crippen LogP contribution in [0.2, 0.25) is 0 Å². The molecule has 0 saturated heterocycles. The number of para-hydroxylation sites is 2. The molecule has 3 aromatic rings. The van der Waals surface area contributed by atoms with Crippen LogP contribution in [0.3, 0.4) is 0 Å². The maximum Gasteiger partial charge on any atom is 0.421 e. The van der Waals surface area contributed by atoms with E-state index < -0.39 is 22.5 Å². The van der Waals surface area contributed by atoms with Crippen LogP contribution in [0.25, 0.3) is 0 Å². The molecule has 156 valence electrons. The number of aryl methyl sites for hydroxylation is 1. The molecule has 3 rings (SSSR count). The fourth-order valence-corrected chi connectivity index (χ4v) is 2.78. The van der Waals surface area contributed by atoms with Crippen molar-refractivity contribution in [3.05, 3.63) is 76.0 Å². The lowest BCUT2D eigenvalue weighted by Gasteiger charge is -2.15. The zero-order chi connectivity index (χ0) is 21.7. The zero-order valence-electron chi connectivity index (χ0n) is 15.9. The largest absolute Gasteiger partial charge is 0.421 e. The van der Waals surface area contributed by atoms with E-state index in [1.54, 1.807) is 12.1 Å². The Hall–Kier alpha value is -3.69. The first-order valence-electron chi connectivity index (χ1n) is 9.08. The Kier molecular flexibility index (Phi) is 6.14. The van der Waals surface area contributed by atoms with E-state index in [1.165, 1.54) is 24.3 Å². The van der Waals surface area contributed by atoms with E-state index in [9.17, 15) is 23.3 Å². The highest BCUT2D eigenvalue weighted by molar-refractivity contribution is 5.70. The third kappa shape index (κ3) is 5.02. The van der Waals surface area contributed by atoms with Crippen LogP contribution in [0.5, 0.6) is 0 Å². The van der Waals surface area contributed by atoms with Crippen LogP contribution in [0.1, 0.15) is 24.5 Å². The van der Waals surface area contributed by atoms with E-state index in [2.05, 4.69) is 27.5 Å². The van der Waals surface area contributed by atoms with Crippen LogP contribution < -0.4 is 10.6 Å². The molecule has 0 aliphatic heterocycles. The number of halogens is 3. The van der Waals surface area contributed by atoms with Gasteiger partial charge < -0.3 is 10.6 Å². The minimum atomic E-state index is -4.74. The summed E-state index contributed by atoms with van der Waals surface area (Å²) in [4.78, 5) is 18.1. The number of nitrogens with one attached hydrogen (secondary N) is 2. The van der Waals surface area contributed by atoms with Gasteiger partial charge in [-0.3, -0.25) is 10.1 Å². The molecular formula is C20H18F3N5O2. The fourth-order valence-electron chi connectivity index (χ4n) is 2.78. The Morgan fingerprint density at radius 3 is 2.40 bits per heavy atom. The number of hydrogen-bond acceptors (Lipinski definition) is 6. The normalized spacial score (nSPS) is 11.2. The van der Waals surface area contributed by atoms with Gasteiger partial charge in [0.2, 0.25) is 5.95 Å². The van der Waals surface area contributed by atoms with Crippen molar-refractivity contribution >= 4 is 28.8 Å². The van der Waals surface area contributed by atoms with E-state index in [4.69, 9.17) is 0 Å². The Morgan fingerprint density at radius 2 is 1.77 bits per heavy atom. The average Bonchev–Trinajstić information content (AvgIpc) is 2.69. The highest BCUT2D eigenvalue weighted by atomic mass is 19.4. The predicted molar refractivity (Wildman–Crippen MR) is 107 cm³/mol. The van der Waals surface area contributed by atoms with Crippen LogP contribution in [-0.2, 0) is 12.6 Å². The second-order valence-electron chi connectivity index (χ2n) is 6.42. The SMILES string of the molecule is CCCc1ccc(Nc2ncc(C(F)(F)F)c(Nc3ccccc3[N+](=O)[O-])n2)cc1. The first-order valence-corrected chi connectivity index (χ1v) is 9.08. The molecule has 0 spiro atoms. The summed E-state index contributed by atoms with van der Waals surface area (Å²) < 4.78 is 40.2. The topological polar surface area (TPSA) is 93.0 Å². The predicted octanol–water partition coefficient (Wildman–Crippen LogP) is 5.84. The smallest absolute Gasteiger partial charge is 0.334 e. The lowest BCUT2D eigenvalue weighted by molar-refractivity contribution is -0.383. The number of nitro benzene ring substituents is 1. The van der Waals surface area contributed by atoms with E-state index >= 15 is 0 Å². The maximum absolute atomic E-state index is 13.4. The molecule has 30 heavy (non-hydrogen) atoms. The van der Waals surface area contributed by atoms with Crippen molar-refractivity contribution in [2.75, 3.05) is 10.6 Å². The maximum atomic E-state index is 13.4. The molecular weight excluding hydrogens is 399 g/mol. The molecule has 0 aliphatic carbocycles. The van der Waals surface area contributed by atoms with Crippen molar-refractivity contribution in [2.45, 2.75) is 25.9 Å². The summed E-state index contributed by atoms with van der Waals surface area (Å²) in [5.41, 5.74) is 0.123. The Balaban J connectivity index is 1.94. The van der Waals surface area contributed by atoms with Crippen LogP contribution in [0.15, 0.2) is 54.7 Å². The van der Waals surface area contributed by atoms with Crippen LogP contribution in [0.4, 0.5) is 42.0 Å². The second-order valence-corrected chi connectivity index (χ2v) is 6.42. The number of nitrogens with zero attached hydrogens (tertiary/aromatic N) is 3. The van der Waals surface area contributed by atoms with E-state index in [0.29, 0.717) is 11.9 Å². The number of benzene rings is 2. The standard InChI is InChI=1S/C20H18F3N5O2/c1-2-5-13-8-10-14(11-9-13)25-19-24-12-15(20(21,22)23)18(27-19)26-16-6-3-4-7-17(16)28(29)30/h3-4,6-12H,2,5H2,1H3,(H2,24,25,26,27). The Morgan fingerprint density at radius 1 is 1.07 bits per heavy atom. The van der Waals surface area contributed by atoms with Crippen molar-refractivity contribution in [3.8, 4) is 0 Å². The van der Waals surface area contributed by atoms with Crippen molar-refractivity contribution < 1.29 is 18.1 Å². The molecule has 0 fully saturated rings. The molecule has 0 radical (unpaired) electrons. The van der Waals surface area contributed by atoms with Crippen LogP contribution in [-0.4, -0.2) is 14.9 Å². The first-order chi connectivity index (χ1) is 14.3. The summed E-state index contributed by atoms with van der Waals surface area (Å²) in [7, 11) is 0. The summed E-state index contributed by atoms with van der Waals surface area (Å²) in [5, 5.41) is 16.5. The fraction of sp³-hybridized carbons (Fsp3) is 0.200. The van der Waals surface area contributed by atoms with Crippen LogP contribution in [0, 0.1) is 10.1 Å². The van der Waals surface area contributed by atoms with Crippen molar-refractivity contribution in [3.63, 3.8) is 0 Å². The highest BCUT2D eigenvalue weighted by Crippen LogP contribution is 2.36. The number of alkyl halides is 3. The summed E-state index contributed by atoms with van der Waals surface area (Å²) in [6.45, 7) is 2.06. The lowest BCUT2D eigenvalue weighted by Crippen LogP contribution is -2.13. The van der Waals surface area contributed by atoms with Crippen LogP contribution >= 0.6 is 0 Å². The molecule has 10 heteroatoms. The van der Waals surface area contributed by atoms with Gasteiger partial charge in [0.15, 0.2) is 0 Å². The Labute approximate surface area is 170 Å². The molecule has 2 N–H and O–H groups in total. The quantitative estimate of drug-likeness (QED) is 0.370. The van der Waals surface area contributed by atoms with Gasteiger partial charge in [-0.15, -0.1) is 0 Å². The summed E-state index contributed by atoms with van der Waals surface area (Å²) in [5.74, 6) is -0.663. The minimum absolute atomic E-state index is 0.0766. The molecule has 0 aliphatic rings. The molecule has 2 aromatic carbocycles. The molecule has 1 aromatic heterocycles. The van der Waals surface area contributed by atoms with Gasteiger partial charge in [-0.05, 0) is 30.2 Å². The molecule has 0 saturated carbocycles. The van der Waals surface area contributed by atoms with Gasteiger partial charge >= 0.3 is 6.18 Å². The highest BCUT2D eigenvalue weighted by Gasteiger charge is 2.35. The number of nitro groups is 1. The van der Waals surface area contributed by atoms with Gasteiger partial charge in [-0.25, -0.2) is 4.98 Å². The molecule has 7 nitrogen and oxygen atoms in total. The first kappa shape index (κ1) is 21.0. The van der Waals surface area contributed by atoms with Crippen molar-refractivity contribution in [1.29, 1.82) is 0 Å². The second kappa shape index (κ2) is 8.76. The average molecular weight is 417 g/mol. The zero-order valence-corrected chi connectivity index (χ0v) is 15.9. The number of hydrogen-bond donors (Lipinski definition) is 2. The van der Waals surface area contributed by atoms with Gasteiger partial charge in [0.1, 0.15) is 17.1 Å². The van der Waals surface area contributed by atoms with E-state index in [0.717, 1.165) is 18.4 Å². The summed E-state index contributed by atoms with van der Waals surface area (Å²) >= 11 is 0. The van der Waals surface area contributed by atoms with Gasteiger partial charge in [0.05, 0.1) is 4.92 Å². The van der Waals surface area contributed by atoms with Gasteiger partial charge in [0.25, 0.3) is 5.69 Å². The molecule has 0 atom stereocenters. The van der Waals surface area contributed by atoms with Gasteiger partial charge in [0, 0.05) is 18.0 Å². The third-order valence-corrected chi connectivity index (χ3v) is 4.20. The Bertz CT molecular complexity index is 1040. The van der Waals surface area contributed by atoms with E-state index in [1.807, 2.05) is 12.1 Å². The lowest BCUT2D eigenvalue weighted by atomic mass is 10.1. The molecule has 0 amide bonds. The van der Waals surface area contributed by atoms with Crippen molar-refractivity contribution in [1.82, 2.24) is 9.97 Å². The molecule has 1 heterocycles. The van der Waals surface area contributed by atoms with Gasteiger partial charge in [-0.2, -0.15) is 18.2 Å². The molecule has 0 bridgehead atoms. The number of anilines is 4. The monoisotopic (exact) mass is 417 g/mol. The minimum Gasteiger partial charge on any atom is -0.334 e. The number of rotatable bonds is 7. The van der Waals surface area contributed by atoms with E-state index in [-0.39, 0.29) is 17.3 Å². The summed E-state index contributed by atoms with van der Waals surface area (Å²) in [6, 6.07) is 12.8. The number of aromatic nitrogens is 2. The summed E-state index contributed by atoms with van der Waals surface area (Å²) in [6.07, 6.45) is -2.19. The van der Waals surface area contributed by atoms with Crippen molar-refractivity contribution in [2.24, 2.45) is 0 Å². The third-order valence-electron chi connectivity index (χ3n) is 4.20. The van der Waals surface area contributed by atoms with Gasteiger partial charge in [-0.1, -0.05) is 37.6 Å². The molecule has 0 unspecified atom stereocenters.